The molecule has 0 spiro atoms. The van der Waals surface area contributed by atoms with E-state index in [2.05, 4.69) is 15.4 Å². The lowest BCUT2D eigenvalue weighted by Crippen LogP contribution is -2.30. The van der Waals surface area contributed by atoms with Gasteiger partial charge in [-0.1, -0.05) is 36.4 Å². The second-order valence-electron chi connectivity index (χ2n) is 5.93. The molecule has 3 rings (SSSR count). The van der Waals surface area contributed by atoms with Crippen LogP contribution in [0.3, 0.4) is 0 Å². The molecule has 146 valence electrons. The average molecular weight is 390 g/mol. The third kappa shape index (κ3) is 5.20. The molecule has 1 heterocycles. The molecule has 3 aromatic rings. The largest absolute Gasteiger partial charge is 0.465 e. The molecule has 0 aliphatic carbocycles. The number of methoxy groups -OCH3 is 1. The average Bonchev–Trinajstić information content (AvgIpc) is 3.28. The molecular formula is C22H18N2O5. The van der Waals surface area contributed by atoms with E-state index in [4.69, 9.17) is 4.42 Å². The van der Waals surface area contributed by atoms with Gasteiger partial charge in [0, 0.05) is 5.69 Å². The van der Waals surface area contributed by atoms with E-state index in [9.17, 15) is 14.4 Å². The number of furan rings is 1. The van der Waals surface area contributed by atoms with E-state index in [0.717, 1.165) is 5.56 Å². The maximum Gasteiger partial charge on any atom is 0.337 e. The van der Waals surface area contributed by atoms with Crippen molar-refractivity contribution in [2.75, 3.05) is 12.4 Å². The lowest BCUT2D eigenvalue weighted by molar-refractivity contribution is -0.113. The molecule has 29 heavy (non-hydrogen) atoms. The summed E-state index contributed by atoms with van der Waals surface area (Å²) in [5.41, 5.74) is 1.41. The summed E-state index contributed by atoms with van der Waals surface area (Å²) in [4.78, 5) is 36.9. The Hall–Kier alpha value is -4.13. The molecular weight excluding hydrogens is 372 g/mol. The summed E-state index contributed by atoms with van der Waals surface area (Å²) in [6, 6.07) is 18.4. The van der Waals surface area contributed by atoms with Gasteiger partial charge < -0.3 is 19.8 Å². The standard InChI is InChI=1S/C22H18N2O5/c1-28-22(27)16-9-5-10-17(14-16)23-20(25)18(13-15-7-3-2-4-8-15)24-21(26)19-11-6-12-29-19/h2-14H,1H3,(H,23,25)(H,24,26)/b18-13-. The molecule has 0 unspecified atom stereocenters. The predicted molar refractivity (Wildman–Crippen MR) is 107 cm³/mol. The predicted octanol–water partition coefficient (Wildman–Crippen LogP) is 3.48. The van der Waals surface area contributed by atoms with E-state index in [1.165, 1.54) is 25.5 Å². The fraction of sp³-hybridized carbons (Fsp3) is 0.0455. The van der Waals surface area contributed by atoms with Crippen LogP contribution in [-0.2, 0) is 9.53 Å². The topological polar surface area (TPSA) is 97.6 Å². The monoisotopic (exact) mass is 390 g/mol. The Morgan fingerprint density at radius 1 is 0.966 bits per heavy atom. The van der Waals surface area contributed by atoms with Gasteiger partial charge in [-0.05, 0) is 42.0 Å². The van der Waals surface area contributed by atoms with Gasteiger partial charge in [0.25, 0.3) is 11.8 Å². The molecule has 0 radical (unpaired) electrons. The molecule has 1 aromatic heterocycles. The lowest BCUT2D eigenvalue weighted by atomic mass is 10.1. The zero-order chi connectivity index (χ0) is 20.6. The molecule has 0 atom stereocenters. The number of rotatable bonds is 6. The van der Waals surface area contributed by atoms with E-state index in [1.54, 1.807) is 42.5 Å². The molecule has 0 aliphatic rings. The van der Waals surface area contributed by atoms with Gasteiger partial charge in [0.1, 0.15) is 5.70 Å². The summed E-state index contributed by atoms with van der Waals surface area (Å²) in [5, 5.41) is 5.23. The van der Waals surface area contributed by atoms with E-state index < -0.39 is 17.8 Å². The lowest BCUT2D eigenvalue weighted by Gasteiger charge is -2.11. The first-order valence-electron chi connectivity index (χ1n) is 8.68. The Bertz CT molecular complexity index is 1040. The summed E-state index contributed by atoms with van der Waals surface area (Å²) in [7, 11) is 1.28. The number of nitrogens with one attached hydrogen (secondary N) is 2. The van der Waals surface area contributed by atoms with Gasteiger partial charge >= 0.3 is 5.97 Å². The van der Waals surface area contributed by atoms with Crippen LogP contribution in [0.5, 0.6) is 0 Å². The minimum atomic E-state index is -0.560. The van der Waals surface area contributed by atoms with Crippen LogP contribution < -0.4 is 10.6 Å². The molecule has 2 amide bonds. The Labute approximate surface area is 167 Å². The van der Waals surface area contributed by atoms with Crippen molar-refractivity contribution in [1.29, 1.82) is 0 Å². The van der Waals surface area contributed by atoms with E-state index in [0.29, 0.717) is 11.3 Å². The number of esters is 1. The van der Waals surface area contributed by atoms with Gasteiger partial charge in [-0.3, -0.25) is 9.59 Å². The van der Waals surface area contributed by atoms with Crippen molar-refractivity contribution in [3.05, 3.63) is 95.6 Å². The SMILES string of the molecule is COC(=O)c1cccc(NC(=O)/C(=C/c2ccccc2)NC(=O)c2ccco2)c1. The van der Waals surface area contributed by atoms with Crippen LogP contribution in [-0.4, -0.2) is 24.9 Å². The smallest absolute Gasteiger partial charge is 0.337 e. The number of hydrogen-bond acceptors (Lipinski definition) is 5. The van der Waals surface area contributed by atoms with Crippen LogP contribution in [0.4, 0.5) is 5.69 Å². The number of amides is 2. The van der Waals surface area contributed by atoms with E-state index in [-0.39, 0.29) is 11.5 Å². The Morgan fingerprint density at radius 2 is 1.76 bits per heavy atom. The number of benzene rings is 2. The molecule has 7 heteroatoms. The van der Waals surface area contributed by atoms with Crippen molar-refractivity contribution < 1.29 is 23.5 Å². The fourth-order valence-electron chi connectivity index (χ4n) is 2.51. The first-order chi connectivity index (χ1) is 14.1. The van der Waals surface area contributed by atoms with Crippen molar-refractivity contribution in [2.45, 2.75) is 0 Å². The highest BCUT2D eigenvalue weighted by molar-refractivity contribution is 6.10. The highest BCUT2D eigenvalue weighted by Gasteiger charge is 2.17. The zero-order valence-electron chi connectivity index (χ0n) is 15.5. The normalized spacial score (nSPS) is 10.9. The second kappa shape index (κ2) is 9.18. The van der Waals surface area contributed by atoms with Crippen molar-refractivity contribution in [3.63, 3.8) is 0 Å². The second-order valence-corrected chi connectivity index (χ2v) is 5.93. The van der Waals surface area contributed by atoms with Gasteiger partial charge in [-0.25, -0.2) is 4.79 Å². The maximum absolute atomic E-state index is 12.8. The molecule has 0 bridgehead atoms. The first-order valence-corrected chi connectivity index (χ1v) is 8.68. The van der Waals surface area contributed by atoms with Crippen LogP contribution in [0.15, 0.2) is 83.1 Å². The van der Waals surface area contributed by atoms with Crippen molar-refractivity contribution in [2.24, 2.45) is 0 Å². The molecule has 0 aliphatic heterocycles. The number of carbonyl (C=O) groups excluding carboxylic acids is 3. The molecule has 2 N–H and O–H groups in total. The van der Waals surface area contributed by atoms with Crippen LogP contribution in [0.1, 0.15) is 26.5 Å². The number of hydrogen-bond donors (Lipinski definition) is 2. The van der Waals surface area contributed by atoms with Gasteiger partial charge in [0.05, 0.1) is 18.9 Å². The highest BCUT2D eigenvalue weighted by Crippen LogP contribution is 2.14. The van der Waals surface area contributed by atoms with Crippen molar-refractivity contribution in [3.8, 4) is 0 Å². The summed E-state index contributed by atoms with van der Waals surface area (Å²) in [6.07, 6.45) is 2.91. The summed E-state index contributed by atoms with van der Waals surface area (Å²) in [5.74, 6) is -1.57. The number of carbonyl (C=O) groups is 3. The molecule has 0 fully saturated rings. The minimum Gasteiger partial charge on any atom is -0.465 e. The highest BCUT2D eigenvalue weighted by atomic mass is 16.5. The summed E-state index contributed by atoms with van der Waals surface area (Å²) in [6.45, 7) is 0. The molecule has 0 saturated heterocycles. The van der Waals surface area contributed by atoms with Gasteiger partial charge in [0.2, 0.25) is 0 Å². The Kier molecular flexibility index (Phi) is 6.22. The van der Waals surface area contributed by atoms with Crippen LogP contribution in [0, 0.1) is 0 Å². The third-order valence-corrected chi connectivity index (χ3v) is 3.89. The Balaban J connectivity index is 1.85. The Morgan fingerprint density at radius 3 is 2.45 bits per heavy atom. The van der Waals surface area contributed by atoms with Crippen molar-refractivity contribution >= 4 is 29.5 Å². The maximum atomic E-state index is 12.8. The summed E-state index contributed by atoms with van der Waals surface area (Å²) < 4.78 is 9.76. The van der Waals surface area contributed by atoms with Gasteiger partial charge in [-0.15, -0.1) is 0 Å². The molecule has 2 aromatic carbocycles. The quantitative estimate of drug-likeness (QED) is 0.496. The zero-order valence-corrected chi connectivity index (χ0v) is 15.5. The third-order valence-electron chi connectivity index (χ3n) is 3.89. The fourth-order valence-corrected chi connectivity index (χ4v) is 2.51. The number of anilines is 1. The summed E-state index contributed by atoms with van der Waals surface area (Å²) >= 11 is 0. The minimum absolute atomic E-state index is 0.0149. The van der Waals surface area contributed by atoms with Crippen LogP contribution in [0.2, 0.25) is 0 Å². The van der Waals surface area contributed by atoms with Gasteiger partial charge in [0.15, 0.2) is 5.76 Å². The molecule has 7 nitrogen and oxygen atoms in total. The first kappa shape index (κ1) is 19.6. The van der Waals surface area contributed by atoms with Crippen LogP contribution >= 0.6 is 0 Å². The van der Waals surface area contributed by atoms with E-state index in [1.807, 2.05) is 18.2 Å². The van der Waals surface area contributed by atoms with Crippen LogP contribution in [0.25, 0.3) is 6.08 Å². The number of ether oxygens (including phenoxy) is 1. The van der Waals surface area contributed by atoms with E-state index >= 15 is 0 Å². The van der Waals surface area contributed by atoms with Gasteiger partial charge in [-0.2, -0.15) is 0 Å². The molecule has 0 saturated carbocycles. The van der Waals surface area contributed by atoms with Crippen molar-refractivity contribution in [1.82, 2.24) is 5.32 Å².